The molecule has 0 saturated carbocycles. The van der Waals surface area contributed by atoms with Crippen molar-refractivity contribution in [3.8, 4) is 0 Å². The van der Waals surface area contributed by atoms with Gasteiger partial charge in [0.1, 0.15) is 0 Å². The van der Waals surface area contributed by atoms with E-state index in [0.717, 1.165) is 29.2 Å². The number of benzene rings is 1. The molecule has 0 spiro atoms. The van der Waals surface area contributed by atoms with Crippen molar-refractivity contribution in [1.29, 1.82) is 0 Å². The maximum absolute atomic E-state index is 6.11. The summed E-state index contributed by atoms with van der Waals surface area (Å²) in [5.74, 6) is 0. The summed E-state index contributed by atoms with van der Waals surface area (Å²) in [6.45, 7) is 5.08. The molecule has 1 heterocycles. The second kappa shape index (κ2) is 6.17. The van der Waals surface area contributed by atoms with E-state index in [4.69, 9.17) is 11.6 Å². The minimum absolute atomic E-state index is 0.0558. The quantitative estimate of drug-likeness (QED) is 0.914. The zero-order valence-corrected chi connectivity index (χ0v) is 12.3. The molecule has 1 aromatic heterocycles. The van der Waals surface area contributed by atoms with Crippen LogP contribution in [0.3, 0.4) is 0 Å². The number of nitrogens with one attached hydrogen (secondary N) is 1. The number of aromatic nitrogens is 3. The van der Waals surface area contributed by atoms with Crippen molar-refractivity contribution in [3.05, 3.63) is 46.2 Å². The molecular weight excluding hydrogens is 260 g/mol. The Balaban J connectivity index is 2.44. The molecule has 2 aromatic rings. The molecule has 0 aliphatic rings. The van der Waals surface area contributed by atoms with Gasteiger partial charge in [-0.25, -0.2) is 4.68 Å². The van der Waals surface area contributed by atoms with Gasteiger partial charge in [0.05, 0.1) is 17.9 Å². The number of aryl methyl sites for hydroxylation is 2. The lowest BCUT2D eigenvalue weighted by atomic mass is 9.99. The van der Waals surface area contributed by atoms with E-state index in [1.165, 1.54) is 5.56 Å². The third kappa shape index (κ3) is 2.96. The molecule has 1 aromatic carbocycles. The highest BCUT2D eigenvalue weighted by Gasteiger charge is 2.19. The highest BCUT2D eigenvalue weighted by molar-refractivity contribution is 6.30. The molecule has 0 radical (unpaired) electrons. The third-order valence-electron chi connectivity index (χ3n) is 3.22. The van der Waals surface area contributed by atoms with Gasteiger partial charge in [0.15, 0.2) is 0 Å². The van der Waals surface area contributed by atoms with Gasteiger partial charge in [-0.15, -0.1) is 5.10 Å². The average molecular weight is 279 g/mol. The van der Waals surface area contributed by atoms with Crippen molar-refractivity contribution in [1.82, 2.24) is 20.3 Å². The monoisotopic (exact) mass is 278 g/mol. The molecule has 1 unspecified atom stereocenters. The molecule has 2 rings (SSSR count). The lowest BCUT2D eigenvalue weighted by Gasteiger charge is -2.19. The van der Waals surface area contributed by atoms with Crippen LogP contribution in [0.2, 0.25) is 5.02 Å². The van der Waals surface area contributed by atoms with Crippen molar-refractivity contribution in [3.63, 3.8) is 0 Å². The summed E-state index contributed by atoms with van der Waals surface area (Å²) in [5, 5.41) is 12.2. The van der Waals surface area contributed by atoms with Crippen LogP contribution in [0.25, 0.3) is 0 Å². The lowest BCUT2D eigenvalue weighted by Crippen LogP contribution is -2.22. The molecule has 1 atom stereocenters. The van der Waals surface area contributed by atoms with E-state index in [2.05, 4.69) is 29.5 Å². The summed E-state index contributed by atoms with van der Waals surface area (Å²) in [4.78, 5) is 0. The first kappa shape index (κ1) is 14.0. The zero-order valence-electron chi connectivity index (χ0n) is 11.5. The van der Waals surface area contributed by atoms with E-state index in [9.17, 15) is 0 Å². The molecule has 0 aliphatic heterocycles. The largest absolute Gasteiger partial charge is 0.308 e. The van der Waals surface area contributed by atoms with Gasteiger partial charge < -0.3 is 5.32 Å². The molecule has 5 heteroatoms. The van der Waals surface area contributed by atoms with Crippen molar-refractivity contribution in [2.45, 2.75) is 32.9 Å². The molecule has 0 aliphatic carbocycles. The van der Waals surface area contributed by atoms with Crippen LogP contribution in [0.5, 0.6) is 0 Å². The number of halogens is 1. The van der Waals surface area contributed by atoms with E-state index in [1.54, 1.807) is 0 Å². The van der Waals surface area contributed by atoms with E-state index in [0.29, 0.717) is 0 Å². The van der Waals surface area contributed by atoms with Crippen LogP contribution in [0, 0.1) is 6.92 Å². The molecule has 0 bridgehead atoms. The minimum atomic E-state index is 0.0558. The van der Waals surface area contributed by atoms with Crippen molar-refractivity contribution < 1.29 is 0 Å². The first-order valence-corrected chi connectivity index (χ1v) is 6.86. The van der Waals surface area contributed by atoms with Gasteiger partial charge in [0.2, 0.25) is 0 Å². The SMILES string of the molecule is CCCn1nncc1C(NC)c1cc(Cl)ccc1C. The Kier molecular flexibility index (Phi) is 4.56. The lowest BCUT2D eigenvalue weighted by molar-refractivity contribution is 0.522. The van der Waals surface area contributed by atoms with E-state index in [-0.39, 0.29) is 6.04 Å². The summed E-state index contributed by atoms with van der Waals surface area (Å²) >= 11 is 6.11. The van der Waals surface area contributed by atoms with Crippen LogP contribution >= 0.6 is 11.6 Å². The molecule has 19 heavy (non-hydrogen) atoms. The Hall–Kier alpha value is -1.39. The van der Waals surface area contributed by atoms with Gasteiger partial charge in [-0.1, -0.05) is 29.8 Å². The summed E-state index contributed by atoms with van der Waals surface area (Å²) in [6, 6.07) is 6.01. The fourth-order valence-electron chi connectivity index (χ4n) is 2.26. The fourth-order valence-corrected chi connectivity index (χ4v) is 2.44. The first-order chi connectivity index (χ1) is 9.17. The number of rotatable bonds is 5. The Bertz CT molecular complexity index is 550. The normalized spacial score (nSPS) is 12.6. The maximum atomic E-state index is 6.11. The molecule has 1 N–H and O–H groups in total. The zero-order chi connectivity index (χ0) is 13.8. The standard InChI is InChI=1S/C14H19ClN4/c1-4-7-19-13(9-17-18-19)14(16-3)12-8-11(15)6-5-10(12)2/h5-6,8-9,14,16H,4,7H2,1-3H3. The maximum Gasteiger partial charge on any atom is 0.0802 e. The highest BCUT2D eigenvalue weighted by atomic mass is 35.5. The molecule has 0 saturated heterocycles. The average Bonchev–Trinajstić information content (AvgIpc) is 2.83. The van der Waals surface area contributed by atoms with Crippen LogP contribution in [0.15, 0.2) is 24.4 Å². The first-order valence-electron chi connectivity index (χ1n) is 6.49. The molecule has 102 valence electrons. The fraction of sp³-hybridized carbons (Fsp3) is 0.429. The number of hydrogen-bond donors (Lipinski definition) is 1. The van der Waals surface area contributed by atoms with Crippen molar-refractivity contribution >= 4 is 11.6 Å². The topological polar surface area (TPSA) is 42.7 Å². The predicted molar refractivity (Wildman–Crippen MR) is 77.4 cm³/mol. The number of nitrogens with zero attached hydrogens (tertiary/aromatic N) is 3. The molecule has 0 fully saturated rings. The third-order valence-corrected chi connectivity index (χ3v) is 3.45. The van der Waals surface area contributed by atoms with E-state index >= 15 is 0 Å². The Morgan fingerprint density at radius 3 is 2.89 bits per heavy atom. The molecule has 0 amide bonds. The van der Waals surface area contributed by atoms with Crippen LogP contribution < -0.4 is 5.32 Å². The summed E-state index contributed by atoms with van der Waals surface area (Å²) in [6.07, 6.45) is 2.85. The van der Waals surface area contributed by atoms with Crippen molar-refractivity contribution in [2.75, 3.05) is 7.05 Å². The second-order valence-corrected chi connectivity index (χ2v) is 5.04. The van der Waals surface area contributed by atoms with Gasteiger partial charge in [0, 0.05) is 11.6 Å². The highest BCUT2D eigenvalue weighted by Crippen LogP contribution is 2.26. The Morgan fingerprint density at radius 2 is 2.21 bits per heavy atom. The Morgan fingerprint density at radius 1 is 1.42 bits per heavy atom. The minimum Gasteiger partial charge on any atom is -0.308 e. The van der Waals surface area contributed by atoms with Gasteiger partial charge in [-0.05, 0) is 43.7 Å². The van der Waals surface area contributed by atoms with Gasteiger partial charge in [-0.2, -0.15) is 0 Å². The van der Waals surface area contributed by atoms with E-state index < -0.39 is 0 Å². The summed E-state index contributed by atoms with van der Waals surface area (Å²) in [5.41, 5.74) is 3.43. The summed E-state index contributed by atoms with van der Waals surface area (Å²) < 4.78 is 1.95. The molecule has 4 nitrogen and oxygen atoms in total. The van der Waals surface area contributed by atoms with Crippen LogP contribution in [-0.4, -0.2) is 22.0 Å². The Labute approximate surface area is 118 Å². The smallest absolute Gasteiger partial charge is 0.0802 e. The molecular formula is C14H19ClN4. The van der Waals surface area contributed by atoms with Gasteiger partial charge in [-0.3, -0.25) is 0 Å². The summed E-state index contributed by atoms with van der Waals surface area (Å²) in [7, 11) is 1.94. The van der Waals surface area contributed by atoms with Crippen LogP contribution in [0.4, 0.5) is 0 Å². The van der Waals surface area contributed by atoms with E-state index in [1.807, 2.05) is 36.1 Å². The van der Waals surface area contributed by atoms with Gasteiger partial charge in [0.25, 0.3) is 0 Å². The van der Waals surface area contributed by atoms with Crippen LogP contribution in [-0.2, 0) is 6.54 Å². The van der Waals surface area contributed by atoms with Gasteiger partial charge >= 0.3 is 0 Å². The predicted octanol–water partition coefficient (Wildman–Crippen LogP) is 2.96. The number of hydrogen-bond acceptors (Lipinski definition) is 3. The second-order valence-electron chi connectivity index (χ2n) is 4.60. The van der Waals surface area contributed by atoms with Crippen molar-refractivity contribution in [2.24, 2.45) is 0 Å². The van der Waals surface area contributed by atoms with Crippen LogP contribution in [0.1, 0.15) is 36.2 Å².